The third-order valence-electron chi connectivity index (χ3n) is 3.29. The van der Waals surface area contributed by atoms with E-state index < -0.39 is 12.7 Å². The molecule has 4 heteroatoms. The maximum Gasteiger partial charge on any atom is 0.401 e. The highest BCUT2D eigenvalue weighted by Crippen LogP contribution is 2.56. The maximum absolute atomic E-state index is 11.8. The zero-order valence-corrected chi connectivity index (χ0v) is 7.40. The van der Waals surface area contributed by atoms with Crippen LogP contribution in [0.3, 0.4) is 0 Å². The Bertz CT molecular complexity index is 180. The monoisotopic (exact) mass is 193 g/mol. The van der Waals surface area contributed by atoms with Crippen LogP contribution in [0.2, 0.25) is 0 Å². The number of nitrogens with one attached hydrogen (secondary N) is 1. The fourth-order valence-electron chi connectivity index (χ4n) is 2.65. The smallest absolute Gasteiger partial charge is 0.308 e. The van der Waals surface area contributed by atoms with Gasteiger partial charge in [-0.05, 0) is 37.1 Å². The first-order chi connectivity index (χ1) is 6.08. The van der Waals surface area contributed by atoms with Crippen LogP contribution in [0.5, 0.6) is 0 Å². The van der Waals surface area contributed by atoms with Crippen molar-refractivity contribution in [1.29, 1.82) is 0 Å². The van der Waals surface area contributed by atoms with E-state index in [1.165, 1.54) is 19.3 Å². The summed E-state index contributed by atoms with van der Waals surface area (Å²) < 4.78 is 35.3. The van der Waals surface area contributed by atoms with Crippen molar-refractivity contribution in [2.75, 3.05) is 13.1 Å². The minimum absolute atomic E-state index is 0.552. The van der Waals surface area contributed by atoms with Crippen molar-refractivity contribution in [2.24, 2.45) is 17.8 Å². The Morgan fingerprint density at radius 2 is 1.77 bits per heavy atom. The van der Waals surface area contributed by atoms with E-state index in [9.17, 15) is 13.2 Å². The maximum atomic E-state index is 11.8. The van der Waals surface area contributed by atoms with Crippen LogP contribution in [0.1, 0.15) is 19.3 Å². The lowest BCUT2D eigenvalue weighted by atomic mass is 10.1. The van der Waals surface area contributed by atoms with E-state index >= 15 is 0 Å². The average molecular weight is 193 g/mol. The van der Waals surface area contributed by atoms with E-state index in [1.54, 1.807) is 0 Å². The van der Waals surface area contributed by atoms with E-state index in [-0.39, 0.29) is 0 Å². The SMILES string of the molecule is FC(F)(F)CNCC1C2CCCC21. The van der Waals surface area contributed by atoms with Crippen LogP contribution in [0, 0.1) is 17.8 Å². The molecule has 1 nitrogen and oxygen atoms in total. The van der Waals surface area contributed by atoms with Gasteiger partial charge in [0.1, 0.15) is 0 Å². The van der Waals surface area contributed by atoms with Crippen LogP contribution < -0.4 is 5.32 Å². The van der Waals surface area contributed by atoms with Gasteiger partial charge in [0.25, 0.3) is 0 Å². The number of halogens is 3. The molecule has 0 spiro atoms. The molecule has 0 aromatic carbocycles. The van der Waals surface area contributed by atoms with Crippen LogP contribution in [-0.2, 0) is 0 Å². The second-order valence-corrected chi connectivity index (χ2v) is 4.17. The lowest BCUT2D eigenvalue weighted by molar-refractivity contribution is -0.124. The van der Waals surface area contributed by atoms with Crippen molar-refractivity contribution < 1.29 is 13.2 Å². The van der Waals surface area contributed by atoms with Crippen molar-refractivity contribution >= 4 is 0 Å². The Kier molecular flexibility index (Phi) is 2.26. The van der Waals surface area contributed by atoms with E-state index in [2.05, 4.69) is 5.32 Å². The quantitative estimate of drug-likeness (QED) is 0.724. The second kappa shape index (κ2) is 3.15. The molecule has 0 heterocycles. The molecule has 2 saturated carbocycles. The summed E-state index contributed by atoms with van der Waals surface area (Å²) in [5, 5.41) is 2.49. The number of hydrogen-bond donors (Lipinski definition) is 1. The first-order valence-corrected chi connectivity index (χ1v) is 4.85. The Morgan fingerprint density at radius 1 is 1.15 bits per heavy atom. The summed E-state index contributed by atoms with van der Waals surface area (Å²) in [5.74, 6) is 2.05. The minimum atomic E-state index is -4.05. The highest BCUT2D eigenvalue weighted by molar-refractivity contribution is 5.01. The molecule has 2 fully saturated rings. The minimum Gasteiger partial charge on any atom is -0.308 e. The van der Waals surface area contributed by atoms with Crippen molar-refractivity contribution in [3.05, 3.63) is 0 Å². The molecule has 0 radical (unpaired) electrons. The molecule has 2 aliphatic rings. The van der Waals surface area contributed by atoms with Crippen LogP contribution in [0.4, 0.5) is 13.2 Å². The second-order valence-electron chi connectivity index (χ2n) is 4.17. The van der Waals surface area contributed by atoms with Crippen molar-refractivity contribution in [3.8, 4) is 0 Å². The van der Waals surface area contributed by atoms with Gasteiger partial charge in [-0.15, -0.1) is 0 Å². The molecular formula is C9H14F3N. The van der Waals surface area contributed by atoms with Gasteiger partial charge >= 0.3 is 6.18 Å². The molecule has 2 atom stereocenters. The highest BCUT2D eigenvalue weighted by Gasteiger charge is 2.51. The van der Waals surface area contributed by atoms with Gasteiger partial charge in [-0.2, -0.15) is 13.2 Å². The van der Waals surface area contributed by atoms with Crippen molar-refractivity contribution in [2.45, 2.75) is 25.4 Å². The molecular weight excluding hydrogens is 179 g/mol. The third-order valence-corrected chi connectivity index (χ3v) is 3.29. The molecule has 0 aliphatic heterocycles. The largest absolute Gasteiger partial charge is 0.401 e. The fourth-order valence-corrected chi connectivity index (χ4v) is 2.65. The third kappa shape index (κ3) is 2.16. The number of alkyl halides is 3. The predicted octanol–water partition coefficient (Wildman–Crippen LogP) is 2.18. The molecule has 0 aromatic heterocycles. The van der Waals surface area contributed by atoms with Gasteiger partial charge in [0, 0.05) is 0 Å². The topological polar surface area (TPSA) is 12.0 Å². The molecule has 2 aliphatic carbocycles. The highest BCUT2D eigenvalue weighted by atomic mass is 19.4. The summed E-state index contributed by atoms with van der Waals surface area (Å²) in [6.45, 7) is -0.266. The molecule has 76 valence electrons. The lowest BCUT2D eigenvalue weighted by Crippen LogP contribution is -2.30. The predicted molar refractivity (Wildman–Crippen MR) is 43.2 cm³/mol. The average Bonchev–Trinajstić information content (AvgIpc) is 2.48. The Labute approximate surface area is 75.7 Å². The zero-order chi connectivity index (χ0) is 9.47. The van der Waals surface area contributed by atoms with Crippen LogP contribution in [0.25, 0.3) is 0 Å². The normalized spacial score (nSPS) is 37.6. The molecule has 2 unspecified atom stereocenters. The van der Waals surface area contributed by atoms with Gasteiger partial charge in [0.2, 0.25) is 0 Å². The van der Waals surface area contributed by atoms with E-state index in [4.69, 9.17) is 0 Å². The van der Waals surface area contributed by atoms with E-state index in [0.29, 0.717) is 12.5 Å². The van der Waals surface area contributed by atoms with Gasteiger partial charge in [-0.3, -0.25) is 0 Å². The molecule has 2 rings (SSSR count). The van der Waals surface area contributed by atoms with Gasteiger partial charge in [-0.25, -0.2) is 0 Å². The summed E-state index contributed by atoms with van der Waals surface area (Å²) in [7, 11) is 0. The van der Waals surface area contributed by atoms with E-state index in [1.807, 2.05) is 0 Å². The number of rotatable bonds is 3. The molecule has 0 saturated heterocycles. The van der Waals surface area contributed by atoms with Crippen molar-refractivity contribution in [1.82, 2.24) is 5.32 Å². The first-order valence-electron chi connectivity index (χ1n) is 4.85. The zero-order valence-electron chi connectivity index (χ0n) is 7.40. The lowest BCUT2D eigenvalue weighted by Gasteiger charge is -2.08. The van der Waals surface area contributed by atoms with E-state index in [0.717, 1.165) is 11.8 Å². The van der Waals surface area contributed by atoms with Crippen LogP contribution >= 0.6 is 0 Å². The molecule has 0 amide bonds. The summed E-state index contributed by atoms with van der Waals surface area (Å²) in [4.78, 5) is 0. The van der Waals surface area contributed by atoms with Gasteiger partial charge in [-0.1, -0.05) is 6.42 Å². The number of hydrogen-bond acceptors (Lipinski definition) is 1. The Balaban J connectivity index is 1.60. The van der Waals surface area contributed by atoms with Gasteiger partial charge in [0.05, 0.1) is 6.54 Å². The molecule has 0 aromatic rings. The Morgan fingerprint density at radius 3 is 2.31 bits per heavy atom. The fraction of sp³-hybridized carbons (Fsp3) is 1.00. The standard InChI is InChI=1S/C9H14F3N/c10-9(11,12)5-13-4-8-6-2-1-3-7(6)8/h6-8,13H,1-5H2. The molecule has 1 N–H and O–H groups in total. The summed E-state index contributed by atoms with van der Waals surface area (Å²) in [5.41, 5.74) is 0. The number of fused-ring (bicyclic) bond motifs is 1. The summed E-state index contributed by atoms with van der Waals surface area (Å²) >= 11 is 0. The van der Waals surface area contributed by atoms with Crippen molar-refractivity contribution in [3.63, 3.8) is 0 Å². The van der Waals surface area contributed by atoms with Crippen LogP contribution in [-0.4, -0.2) is 19.3 Å². The van der Waals surface area contributed by atoms with Crippen LogP contribution in [0.15, 0.2) is 0 Å². The Hall–Kier alpha value is -0.250. The van der Waals surface area contributed by atoms with Gasteiger partial charge < -0.3 is 5.32 Å². The summed E-state index contributed by atoms with van der Waals surface area (Å²) in [6, 6.07) is 0. The molecule has 0 bridgehead atoms. The summed E-state index contributed by atoms with van der Waals surface area (Å²) in [6.07, 6.45) is -0.291. The molecule has 13 heavy (non-hydrogen) atoms. The first kappa shape index (κ1) is 9.31. The van der Waals surface area contributed by atoms with Gasteiger partial charge in [0.15, 0.2) is 0 Å².